The van der Waals surface area contributed by atoms with E-state index in [-0.39, 0.29) is 36.3 Å². The van der Waals surface area contributed by atoms with Crippen LogP contribution in [0.25, 0.3) is 0 Å². The van der Waals surface area contributed by atoms with Gasteiger partial charge in [-0.05, 0) is 123 Å². The quantitative estimate of drug-likeness (QED) is 0.0365. The molecule has 0 saturated carbocycles. The third kappa shape index (κ3) is 42.2. The lowest BCUT2D eigenvalue weighted by molar-refractivity contribution is -0.151. The van der Waals surface area contributed by atoms with Gasteiger partial charge in [0, 0.05) is 25.9 Å². The molecule has 9 heteroatoms. The minimum absolute atomic E-state index is 0.0192. The molecule has 0 rings (SSSR count). The van der Waals surface area contributed by atoms with Gasteiger partial charge in [-0.2, -0.15) is 0 Å². The van der Waals surface area contributed by atoms with E-state index in [9.17, 15) is 19.5 Å². The summed E-state index contributed by atoms with van der Waals surface area (Å²) in [6.07, 6.45) is 41.2. The Morgan fingerprint density at radius 3 is 1.05 bits per heavy atom. The number of hydrogen-bond donors (Lipinski definition) is 1. The predicted molar refractivity (Wildman–Crippen MR) is 279 cm³/mol. The summed E-state index contributed by atoms with van der Waals surface area (Å²) in [4.78, 5) is 43.2. The van der Waals surface area contributed by atoms with Crippen molar-refractivity contribution in [2.45, 2.75) is 316 Å². The van der Waals surface area contributed by atoms with Crippen molar-refractivity contribution in [1.29, 1.82) is 0 Å². The Labute approximate surface area is 409 Å². The number of unbranched alkanes of at least 4 members (excludes halogenated alkanes) is 23. The van der Waals surface area contributed by atoms with Gasteiger partial charge in [0.25, 0.3) is 0 Å². The smallest absolute Gasteiger partial charge is 0.410 e. The first-order valence-corrected chi connectivity index (χ1v) is 28.8. The maximum Gasteiger partial charge on any atom is 0.410 e. The molecule has 0 aliphatic heterocycles. The maximum absolute atomic E-state index is 13.7. The van der Waals surface area contributed by atoms with Crippen molar-refractivity contribution in [3.05, 3.63) is 0 Å². The summed E-state index contributed by atoms with van der Waals surface area (Å²) < 4.78 is 18.3. The number of esters is 2. The third-order valence-corrected chi connectivity index (χ3v) is 13.3. The molecule has 1 unspecified atom stereocenters. The Bertz CT molecular complexity index is 991. The van der Waals surface area contributed by atoms with E-state index in [4.69, 9.17) is 14.2 Å². The van der Waals surface area contributed by atoms with E-state index in [1.807, 2.05) is 14.1 Å². The second-order valence-electron chi connectivity index (χ2n) is 20.3. The average molecular weight is 938 g/mol. The van der Waals surface area contributed by atoms with E-state index >= 15 is 0 Å². The minimum atomic E-state index is -0.543. The lowest BCUT2D eigenvalue weighted by Gasteiger charge is -2.28. The Morgan fingerprint density at radius 2 is 0.697 bits per heavy atom. The molecule has 0 aliphatic rings. The second-order valence-corrected chi connectivity index (χ2v) is 20.3. The van der Waals surface area contributed by atoms with Crippen molar-refractivity contribution in [2.75, 3.05) is 33.7 Å². The summed E-state index contributed by atoms with van der Waals surface area (Å²) in [5, 5.41) is 10.8. The number of carbonyl (C=O) groups excluding carboxylic acids is 3. The number of amides is 1. The zero-order chi connectivity index (χ0) is 48.7. The van der Waals surface area contributed by atoms with Gasteiger partial charge in [0.2, 0.25) is 0 Å². The van der Waals surface area contributed by atoms with E-state index in [0.717, 1.165) is 167 Å². The fourth-order valence-electron chi connectivity index (χ4n) is 9.01. The van der Waals surface area contributed by atoms with E-state index in [2.05, 4.69) is 39.5 Å². The number of aliphatic hydroxyl groups excluding tert-OH is 1. The van der Waals surface area contributed by atoms with Crippen LogP contribution in [-0.2, 0) is 23.8 Å². The molecule has 0 aromatic carbocycles. The van der Waals surface area contributed by atoms with Gasteiger partial charge in [-0.3, -0.25) is 9.59 Å². The molecule has 1 amide bonds. The van der Waals surface area contributed by atoms with Crippen LogP contribution in [0, 0.1) is 0 Å². The average Bonchev–Trinajstić information content (AvgIpc) is 3.29. The van der Waals surface area contributed by atoms with Crippen LogP contribution in [0.5, 0.6) is 0 Å². The highest BCUT2D eigenvalue weighted by Gasteiger charge is 2.23. The molecule has 392 valence electrons. The molecule has 0 aromatic heterocycles. The fourth-order valence-corrected chi connectivity index (χ4v) is 9.01. The molecule has 0 saturated heterocycles. The summed E-state index contributed by atoms with van der Waals surface area (Å²) >= 11 is 0. The van der Waals surface area contributed by atoms with E-state index in [1.54, 1.807) is 4.90 Å². The Hall–Kier alpha value is -1.87. The molecule has 0 heterocycles. The summed E-state index contributed by atoms with van der Waals surface area (Å²) in [7, 11) is 4.09. The molecule has 0 radical (unpaired) electrons. The van der Waals surface area contributed by atoms with Crippen LogP contribution in [0.4, 0.5) is 4.79 Å². The van der Waals surface area contributed by atoms with Gasteiger partial charge in [-0.15, -0.1) is 0 Å². The first-order valence-electron chi connectivity index (χ1n) is 28.8. The minimum Gasteiger partial charge on any atom is -0.462 e. The molecule has 0 aromatic rings. The lowest BCUT2D eigenvalue weighted by atomic mass is 10.0. The van der Waals surface area contributed by atoms with Crippen LogP contribution in [0.1, 0.15) is 291 Å². The fraction of sp³-hybridized carbons (Fsp3) is 0.947. The number of aliphatic hydroxyl groups is 1. The number of nitrogens with zero attached hydrogens (tertiary/aromatic N) is 2. The molecule has 9 nitrogen and oxygen atoms in total. The van der Waals surface area contributed by atoms with Crippen molar-refractivity contribution in [2.24, 2.45) is 0 Å². The largest absolute Gasteiger partial charge is 0.462 e. The van der Waals surface area contributed by atoms with Gasteiger partial charge in [0.05, 0.1) is 6.10 Å². The topological polar surface area (TPSA) is 106 Å². The summed E-state index contributed by atoms with van der Waals surface area (Å²) in [6.45, 7) is 12.8. The zero-order valence-electron chi connectivity index (χ0n) is 45.0. The zero-order valence-corrected chi connectivity index (χ0v) is 45.0. The van der Waals surface area contributed by atoms with Crippen molar-refractivity contribution in [3.8, 4) is 0 Å². The van der Waals surface area contributed by atoms with Gasteiger partial charge >= 0.3 is 18.0 Å². The van der Waals surface area contributed by atoms with Gasteiger partial charge in [0.15, 0.2) is 0 Å². The predicted octanol–water partition coefficient (Wildman–Crippen LogP) is 16.2. The van der Waals surface area contributed by atoms with Crippen molar-refractivity contribution in [3.63, 3.8) is 0 Å². The summed E-state index contributed by atoms with van der Waals surface area (Å²) in [5.74, 6) is -0.0384. The van der Waals surface area contributed by atoms with Gasteiger partial charge in [-0.25, -0.2) is 4.79 Å². The van der Waals surface area contributed by atoms with E-state index in [1.165, 1.54) is 77.0 Å². The normalized spacial score (nSPS) is 12.2. The molecule has 1 atom stereocenters. The highest BCUT2D eigenvalue weighted by atomic mass is 16.6. The van der Waals surface area contributed by atoms with Crippen molar-refractivity contribution >= 4 is 18.0 Å². The standard InChI is InChI=1S/C57H112N2O7/c1-8-13-18-30-40-52(41-31-19-14-9-2)64-55(61)46-36-28-24-22-26-34-44-54(66-57(63)59(49-38-48-58(6)7)50-51(60)39-17-12-5)45-35-27-23-25-29-37-47-56(62)65-53(42-32-20-15-10-3)43-33-21-16-11-4/h51-54,60H,8-50H2,1-7H3. The van der Waals surface area contributed by atoms with E-state index in [0.29, 0.717) is 32.4 Å². The molecule has 0 spiro atoms. The molecular formula is C57H112N2O7. The molecule has 0 fully saturated rings. The maximum atomic E-state index is 13.7. The van der Waals surface area contributed by atoms with Crippen LogP contribution < -0.4 is 0 Å². The van der Waals surface area contributed by atoms with Crippen molar-refractivity contribution in [1.82, 2.24) is 9.80 Å². The Kier molecular flexibility index (Phi) is 46.8. The van der Waals surface area contributed by atoms with Gasteiger partial charge in [0.1, 0.15) is 18.3 Å². The van der Waals surface area contributed by atoms with Crippen molar-refractivity contribution < 1.29 is 33.7 Å². The highest BCUT2D eigenvalue weighted by Crippen LogP contribution is 2.22. The SMILES string of the molecule is CCCCCCC(CCCCCC)OC(=O)CCCCCCCCC(CCCCCCCCC(=O)OC(CCCCCC)CCCCCC)OC(=O)N(CCCN(C)C)CC(O)CCCC. The Balaban J connectivity index is 5.02. The van der Waals surface area contributed by atoms with Gasteiger partial charge in [-0.1, -0.05) is 176 Å². The highest BCUT2D eigenvalue weighted by molar-refractivity contribution is 5.70. The Morgan fingerprint density at radius 1 is 0.379 bits per heavy atom. The first kappa shape index (κ1) is 64.1. The number of carbonyl (C=O) groups is 3. The van der Waals surface area contributed by atoms with Gasteiger partial charge < -0.3 is 29.1 Å². The number of ether oxygens (including phenoxy) is 3. The molecule has 0 bridgehead atoms. The molecule has 66 heavy (non-hydrogen) atoms. The lowest BCUT2D eigenvalue weighted by Crippen LogP contribution is -2.41. The molecule has 0 aliphatic carbocycles. The third-order valence-electron chi connectivity index (χ3n) is 13.3. The molecule has 1 N–H and O–H groups in total. The van der Waals surface area contributed by atoms with Crippen LogP contribution >= 0.6 is 0 Å². The molecular weight excluding hydrogens is 825 g/mol. The summed E-state index contributed by atoms with van der Waals surface area (Å²) in [5.41, 5.74) is 0. The number of hydrogen-bond acceptors (Lipinski definition) is 8. The summed E-state index contributed by atoms with van der Waals surface area (Å²) in [6, 6.07) is 0. The van der Waals surface area contributed by atoms with Crippen LogP contribution in [-0.4, -0.2) is 91.1 Å². The first-order chi connectivity index (χ1) is 32.1. The van der Waals surface area contributed by atoms with Crippen LogP contribution in [0.3, 0.4) is 0 Å². The van der Waals surface area contributed by atoms with Crippen LogP contribution in [0.15, 0.2) is 0 Å². The number of rotatable bonds is 50. The second kappa shape index (κ2) is 48.2. The monoisotopic (exact) mass is 937 g/mol. The van der Waals surface area contributed by atoms with Crippen LogP contribution in [0.2, 0.25) is 0 Å². The van der Waals surface area contributed by atoms with E-state index < -0.39 is 6.10 Å².